The number of nitrogens with one attached hydrogen (secondary N) is 2. The molecule has 0 saturated heterocycles. The smallest absolute Gasteiger partial charge is 0.291 e. The lowest BCUT2D eigenvalue weighted by Gasteiger charge is -1.99. The number of anilines is 2. The summed E-state index contributed by atoms with van der Waals surface area (Å²) >= 11 is 2.54. The molecule has 3 aromatic rings. The molecule has 0 radical (unpaired) electrons. The van der Waals surface area contributed by atoms with Gasteiger partial charge in [-0.1, -0.05) is 18.3 Å². The molecule has 0 aliphatic rings. The summed E-state index contributed by atoms with van der Waals surface area (Å²) in [5.41, 5.74) is 0.771. The maximum absolute atomic E-state index is 12.4. The molecule has 3 rings (SSSR count). The summed E-state index contributed by atoms with van der Waals surface area (Å²) in [7, 11) is 0. The van der Waals surface area contributed by atoms with Crippen molar-refractivity contribution in [3.63, 3.8) is 0 Å². The number of carbonyl (C=O) groups is 2. The molecular weight excluding hydrogens is 348 g/mol. The number of furan rings is 1. The van der Waals surface area contributed by atoms with E-state index in [-0.39, 0.29) is 17.6 Å². The molecule has 0 bridgehead atoms. The Morgan fingerprint density at radius 1 is 1.21 bits per heavy atom. The van der Waals surface area contributed by atoms with E-state index in [4.69, 9.17) is 4.42 Å². The fraction of sp³-hybridized carbons (Fsp3) is 0.200. The molecule has 124 valence electrons. The second-order valence-electron chi connectivity index (χ2n) is 4.86. The summed E-state index contributed by atoms with van der Waals surface area (Å²) in [4.78, 5) is 24.9. The van der Waals surface area contributed by atoms with E-state index in [1.807, 2.05) is 13.8 Å². The van der Waals surface area contributed by atoms with E-state index >= 15 is 0 Å². The first-order valence-corrected chi connectivity index (χ1v) is 8.79. The molecule has 9 heteroatoms. The quantitative estimate of drug-likeness (QED) is 0.723. The molecule has 2 amide bonds. The summed E-state index contributed by atoms with van der Waals surface area (Å²) in [5, 5.41) is 15.2. The van der Waals surface area contributed by atoms with Gasteiger partial charge in [-0.15, -0.1) is 21.5 Å². The van der Waals surface area contributed by atoms with Crippen LogP contribution in [0.4, 0.5) is 10.1 Å². The van der Waals surface area contributed by atoms with E-state index in [0.717, 1.165) is 17.0 Å². The molecule has 3 heterocycles. The lowest BCUT2D eigenvalue weighted by molar-refractivity contribution is 0.0995. The van der Waals surface area contributed by atoms with E-state index in [0.29, 0.717) is 15.0 Å². The predicted molar refractivity (Wildman–Crippen MR) is 93.0 cm³/mol. The molecular formula is C15H14N4O3S2. The number of thiophene rings is 1. The first-order valence-electron chi connectivity index (χ1n) is 7.16. The topological polar surface area (TPSA) is 97.1 Å². The van der Waals surface area contributed by atoms with Crippen molar-refractivity contribution in [1.82, 2.24) is 10.2 Å². The SMILES string of the molecule is CCc1nnc(NC(=O)c2sc(NC(=O)c3ccco3)cc2C)s1. The van der Waals surface area contributed by atoms with E-state index in [1.54, 1.807) is 18.2 Å². The molecule has 0 fully saturated rings. The normalized spacial score (nSPS) is 10.6. The molecule has 3 aromatic heterocycles. The lowest BCUT2D eigenvalue weighted by atomic mass is 10.3. The third-order valence-electron chi connectivity index (χ3n) is 3.10. The Kier molecular flexibility index (Phi) is 4.72. The number of rotatable bonds is 5. The van der Waals surface area contributed by atoms with Crippen LogP contribution in [0.25, 0.3) is 0 Å². The van der Waals surface area contributed by atoms with Gasteiger partial charge >= 0.3 is 0 Å². The van der Waals surface area contributed by atoms with Gasteiger partial charge in [0.1, 0.15) is 5.01 Å². The van der Waals surface area contributed by atoms with E-state index < -0.39 is 0 Å². The van der Waals surface area contributed by atoms with Crippen molar-refractivity contribution in [2.45, 2.75) is 20.3 Å². The van der Waals surface area contributed by atoms with Crippen LogP contribution in [0.3, 0.4) is 0 Å². The van der Waals surface area contributed by atoms with Gasteiger partial charge < -0.3 is 9.73 Å². The Hall–Kier alpha value is -2.52. The zero-order valence-electron chi connectivity index (χ0n) is 13.0. The number of carbonyl (C=O) groups excluding carboxylic acids is 2. The van der Waals surface area contributed by atoms with Crippen molar-refractivity contribution in [3.8, 4) is 0 Å². The van der Waals surface area contributed by atoms with Crippen LogP contribution in [-0.2, 0) is 6.42 Å². The first-order chi connectivity index (χ1) is 11.6. The largest absolute Gasteiger partial charge is 0.459 e. The summed E-state index contributed by atoms with van der Waals surface area (Å²) < 4.78 is 5.04. The molecule has 7 nitrogen and oxygen atoms in total. The fourth-order valence-corrected chi connectivity index (χ4v) is 3.59. The minimum absolute atomic E-state index is 0.216. The minimum atomic E-state index is -0.357. The van der Waals surface area contributed by atoms with Crippen LogP contribution in [-0.4, -0.2) is 22.0 Å². The Morgan fingerprint density at radius 2 is 2.04 bits per heavy atom. The Bertz CT molecular complexity index is 867. The highest BCUT2D eigenvalue weighted by atomic mass is 32.1. The second kappa shape index (κ2) is 6.93. The van der Waals surface area contributed by atoms with Crippen LogP contribution in [0.1, 0.15) is 37.7 Å². The van der Waals surface area contributed by atoms with Gasteiger partial charge in [0.15, 0.2) is 5.76 Å². The zero-order chi connectivity index (χ0) is 17.1. The molecule has 24 heavy (non-hydrogen) atoms. The minimum Gasteiger partial charge on any atom is -0.459 e. The average Bonchev–Trinajstić information content (AvgIpc) is 3.27. The highest BCUT2D eigenvalue weighted by Crippen LogP contribution is 2.28. The standard InChI is InChI=1S/C15H14N4O3S2/c1-3-10-18-19-15(24-10)17-14(21)12-8(2)7-11(23-12)16-13(20)9-5-4-6-22-9/h4-7H,3H2,1-2H3,(H,16,20)(H,17,19,21). The lowest BCUT2D eigenvalue weighted by Crippen LogP contribution is -2.11. The van der Waals surface area contributed by atoms with Crippen molar-refractivity contribution >= 4 is 44.6 Å². The number of hydrogen-bond acceptors (Lipinski definition) is 7. The molecule has 0 aromatic carbocycles. The molecule has 0 spiro atoms. The average molecular weight is 362 g/mol. The van der Waals surface area contributed by atoms with Crippen LogP contribution in [0.15, 0.2) is 28.9 Å². The van der Waals surface area contributed by atoms with Crippen LogP contribution in [0.2, 0.25) is 0 Å². The number of hydrogen-bond donors (Lipinski definition) is 2. The maximum Gasteiger partial charge on any atom is 0.291 e. The van der Waals surface area contributed by atoms with Crippen molar-refractivity contribution in [2.24, 2.45) is 0 Å². The van der Waals surface area contributed by atoms with Gasteiger partial charge in [0.2, 0.25) is 5.13 Å². The number of aryl methyl sites for hydroxylation is 2. The fourth-order valence-electron chi connectivity index (χ4n) is 1.95. The first kappa shape index (κ1) is 16.3. The van der Waals surface area contributed by atoms with E-state index in [2.05, 4.69) is 20.8 Å². The Balaban J connectivity index is 1.71. The summed E-state index contributed by atoms with van der Waals surface area (Å²) in [6, 6.07) is 4.96. The summed E-state index contributed by atoms with van der Waals surface area (Å²) in [5.74, 6) is -0.410. The number of nitrogens with zero attached hydrogens (tertiary/aromatic N) is 2. The van der Waals surface area contributed by atoms with Crippen LogP contribution in [0.5, 0.6) is 0 Å². The Labute approximate surface area is 145 Å². The summed E-state index contributed by atoms with van der Waals surface area (Å²) in [6.07, 6.45) is 2.20. The van der Waals surface area contributed by atoms with Crippen molar-refractivity contribution in [3.05, 3.63) is 45.7 Å². The third-order valence-corrected chi connectivity index (χ3v) is 5.23. The second-order valence-corrected chi connectivity index (χ2v) is 6.98. The third kappa shape index (κ3) is 3.52. The predicted octanol–water partition coefficient (Wildman–Crippen LogP) is 3.57. The maximum atomic E-state index is 12.4. The Morgan fingerprint density at radius 3 is 2.71 bits per heavy atom. The van der Waals surface area contributed by atoms with Crippen molar-refractivity contribution in [2.75, 3.05) is 10.6 Å². The molecule has 0 atom stereocenters. The molecule has 0 saturated carbocycles. The van der Waals surface area contributed by atoms with Gasteiger partial charge in [0.25, 0.3) is 11.8 Å². The van der Waals surface area contributed by atoms with E-state index in [9.17, 15) is 9.59 Å². The van der Waals surface area contributed by atoms with Gasteiger partial charge in [-0.25, -0.2) is 0 Å². The van der Waals surface area contributed by atoms with Crippen LogP contribution < -0.4 is 10.6 Å². The van der Waals surface area contributed by atoms with Gasteiger partial charge in [0, 0.05) is 0 Å². The van der Waals surface area contributed by atoms with Crippen molar-refractivity contribution in [1.29, 1.82) is 0 Å². The number of amides is 2. The van der Waals surface area contributed by atoms with Gasteiger partial charge in [0.05, 0.1) is 16.1 Å². The molecule has 0 aliphatic heterocycles. The van der Waals surface area contributed by atoms with Gasteiger partial charge in [-0.3, -0.25) is 14.9 Å². The van der Waals surface area contributed by atoms with Gasteiger partial charge in [-0.05, 0) is 37.1 Å². The monoisotopic (exact) mass is 362 g/mol. The highest BCUT2D eigenvalue weighted by Gasteiger charge is 2.17. The molecule has 0 aliphatic carbocycles. The van der Waals surface area contributed by atoms with Crippen molar-refractivity contribution < 1.29 is 14.0 Å². The van der Waals surface area contributed by atoms with Gasteiger partial charge in [-0.2, -0.15) is 0 Å². The van der Waals surface area contributed by atoms with E-state index in [1.165, 1.54) is 28.9 Å². The van der Waals surface area contributed by atoms with Crippen LogP contribution >= 0.6 is 22.7 Å². The highest BCUT2D eigenvalue weighted by molar-refractivity contribution is 7.18. The van der Waals surface area contributed by atoms with Crippen LogP contribution in [0, 0.1) is 6.92 Å². The molecule has 0 unspecified atom stereocenters. The molecule has 2 N–H and O–H groups in total. The number of aromatic nitrogens is 2. The summed E-state index contributed by atoms with van der Waals surface area (Å²) in [6.45, 7) is 3.79. The zero-order valence-corrected chi connectivity index (χ0v) is 14.6.